The first-order chi connectivity index (χ1) is 11.6. The van der Waals surface area contributed by atoms with Gasteiger partial charge in [-0.25, -0.2) is 9.48 Å². The molecule has 1 N–H and O–H groups in total. The number of nitrogens with one attached hydrogen (secondary N) is 1. The Kier molecular flexibility index (Phi) is 4.99. The number of hydrogen-bond donors (Lipinski definition) is 1. The highest BCUT2D eigenvalue weighted by molar-refractivity contribution is 9.10. The lowest BCUT2D eigenvalue weighted by Crippen LogP contribution is -2.29. The van der Waals surface area contributed by atoms with Crippen LogP contribution in [-0.4, -0.2) is 27.3 Å². The summed E-state index contributed by atoms with van der Waals surface area (Å²) < 4.78 is 8.15. The zero-order chi connectivity index (χ0) is 17.1. The molecule has 0 unspecified atom stereocenters. The summed E-state index contributed by atoms with van der Waals surface area (Å²) in [6, 6.07) is 7.48. The lowest BCUT2D eigenvalue weighted by molar-refractivity contribution is -0.139. The minimum atomic E-state index is -0.356. The van der Waals surface area contributed by atoms with Crippen molar-refractivity contribution in [2.45, 2.75) is 32.7 Å². The predicted octanol–water partition coefficient (Wildman–Crippen LogP) is 3.67. The Hall–Kier alpha value is -2.15. The van der Waals surface area contributed by atoms with E-state index in [1.807, 2.05) is 31.2 Å². The Morgan fingerprint density at radius 3 is 2.83 bits per heavy atom. The number of nitrogens with zero attached hydrogens (tertiary/aromatic N) is 3. The first-order valence-electron chi connectivity index (χ1n) is 7.91. The standard InChI is InChI=1S/C17H19BrN4O2/c1-3-4-9-24-16(23)14-11(2)21-17-19-10-20-22(17)15(14)12-5-7-13(18)8-6-12/h5-8,10,15H,3-4,9H2,1-2H3,(H,19,20,21)/t15-/m0/s1. The number of carbonyl (C=O) groups is 1. The fourth-order valence-electron chi connectivity index (χ4n) is 2.70. The Morgan fingerprint density at radius 2 is 2.12 bits per heavy atom. The van der Waals surface area contributed by atoms with Crippen LogP contribution in [0, 0.1) is 0 Å². The molecule has 3 rings (SSSR count). The maximum Gasteiger partial charge on any atom is 0.338 e. The molecule has 1 aromatic carbocycles. The van der Waals surface area contributed by atoms with Crippen LogP contribution < -0.4 is 5.32 Å². The van der Waals surface area contributed by atoms with Gasteiger partial charge in [-0.3, -0.25) is 0 Å². The first kappa shape index (κ1) is 16.7. The Bertz CT molecular complexity index is 767. The topological polar surface area (TPSA) is 69.0 Å². The van der Waals surface area contributed by atoms with Gasteiger partial charge in [-0.2, -0.15) is 10.1 Å². The van der Waals surface area contributed by atoms with E-state index in [1.54, 1.807) is 4.68 Å². The number of rotatable bonds is 5. The summed E-state index contributed by atoms with van der Waals surface area (Å²) in [6.07, 6.45) is 3.31. The third kappa shape index (κ3) is 3.21. The third-order valence-electron chi connectivity index (χ3n) is 3.93. The molecule has 7 heteroatoms. The number of anilines is 1. The van der Waals surface area contributed by atoms with E-state index < -0.39 is 0 Å². The summed E-state index contributed by atoms with van der Waals surface area (Å²) in [7, 11) is 0. The van der Waals surface area contributed by atoms with Crippen LogP contribution in [0.1, 0.15) is 38.3 Å². The van der Waals surface area contributed by atoms with Gasteiger partial charge in [0, 0.05) is 10.2 Å². The molecule has 126 valence electrons. The zero-order valence-electron chi connectivity index (χ0n) is 13.6. The largest absolute Gasteiger partial charge is 0.462 e. The molecule has 0 saturated heterocycles. The van der Waals surface area contributed by atoms with Gasteiger partial charge in [-0.15, -0.1) is 0 Å². The predicted molar refractivity (Wildman–Crippen MR) is 94.5 cm³/mol. The van der Waals surface area contributed by atoms with Gasteiger partial charge in [0.2, 0.25) is 5.95 Å². The molecule has 0 amide bonds. The lowest BCUT2D eigenvalue weighted by atomic mass is 9.96. The number of hydrogen-bond acceptors (Lipinski definition) is 5. The van der Waals surface area contributed by atoms with E-state index in [9.17, 15) is 4.79 Å². The van der Waals surface area contributed by atoms with Gasteiger partial charge in [0.25, 0.3) is 0 Å². The molecule has 0 fully saturated rings. The molecule has 2 heterocycles. The van der Waals surface area contributed by atoms with Gasteiger partial charge >= 0.3 is 5.97 Å². The Balaban J connectivity index is 2.00. The summed E-state index contributed by atoms with van der Waals surface area (Å²) in [5, 5.41) is 7.42. The average molecular weight is 391 g/mol. The first-order valence-corrected chi connectivity index (χ1v) is 8.71. The molecule has 0 aliphatic carbocycles. The van der Waals surface area contributed by atoms with Crippen molar-refractivity contribution >= 4 is 27.8 Å². The summed E-state index contributed by atoms with van der Waals surface area (Å²) in [5.41, 5.74) is 2.25. The fourth-order valence-corrected chi connectivity index (χ4v) is 2.96. The molecule has 0 spiro atoms. The highest BCUT2D eigenvalue weighted by Crippen LogP contribution is 2.35. The fraction of sp³-hybridized carbons (Fsp3) is 0.353. The number of fused-ring (bicyclic) bond motifs is 1. The number of unbranched alkanes of at least 4 members (excludes halogenated alkanes) is 1. The van der Waals surface area contributed by atoms with E-state index >= 15 is 0 Å². The quantitative estimate of drug-likeness (QED) is 0.622. The van der Waals surface area contributed by atoms with Gasteiger partial charge in [-0.1, -0.05) is 41.4 Å². The summed E-state index contributed by atoms with van der Waals surface area (Å²) in [5.74, 6) is 0.299. The van der Waals surface area contributed by atoms with Gasteiger partial charge in [-0.05, 0) is 31.0 Å². The SMILES string of the molecule is CCCCOC(=O)C1=C(C)Nc2ncnn2[C@H]1c1ccc(Br)cc1. The summed E-state index contributed by atoms with van der Waals surface area (Å²) in [6.45, 7) is 4.34. The molecule has 1 aliphatic heterocycles. The molecular weight excluding hydrogens is 372 g/mol. The molecule has 0 saturated carbocycles. The number of halogens is 1. The van der Waals surface area contributed by atoms with Gasteiger partial charge in [0.15, 0.2) is 0 Å². The molecule has 1 aromatic heterocycles. The molecule has 1 aliphatic rings. The van der Waals surface area contributed by atoms with Crippen molar-refractivity contribution in [1.82, 2.24) is 14.8 Å². The van der Waals surface area contributed by atoms with Crippen LogP contribution in [0.4, 0.5) is 5.95 Å². The van der Waals surface area contributed by atoms with E-state index in [2.05, 4.69) is 38.3 Å². The van der Waals surface area contributed by atoms with Gasteiger partial charge in [0.05, 0.1) is 12.2 Å². The van der Waals surface area contributed by atoms with Crippen molar-refractivity contribution in [3.05, 3.63) is 51.9 Å². The van der Waals surface area contributed by atoms with E-state index in [0.29, 0.717) is 18.1 Å². The van der Waals surface area contributed by atoms with E-state index in [1.165, 1.54) is 6.33 Å². The molecule has 24 heavy (non-hydrogen) atoms. The van der Waals surface area contributed by atoms with E-state index in [-0.39, 0.29) is 12.0 Å². The van der Waals surface area contributed by atoms with Crippen molar-refractivity contribution in [2.75, 3.05) is 11.9 Å². The average Bonchev–Trinajstić information content (AvgIpc) is 3.02. The monoisotopic (exact) mass is 390 g/mol. The Labute approximate surface area is 149 Å². The normalized spacial score (nSPS) is 16.5. The number of carbonyl (C=O) groups excluding carboxylic acids is 1. The number of allylic oxidation sites excluding steroid dienone is 1. The van der Waals surface area contributed by atoms with Crippen LogP contribution in [0.2, 0.25) is 0 Å². The minimum absolute atomic E-state index is 0.317. The highest BCUT2D eigenvalue weighted by atomic mass is 79.9. The molecular formula is C17H19BrN4O2. The molecule has 6 nitrogen and oxygen atoms in total. The third-order valence-corrected chi connectivity index (χ3v) is 4.46. The van der Waals surface area contributed by atoms with Crippen LogP contribution in [0.5, 0.6) is 0 Å². The van der Waals surface area contributed by atoms with Crippen molar-refractivity contribution in [3.63, 3.8) is 0 Å². The second-order valence-electron chi connectivity index (χ2n) is 5.64. The van der Waals surface area contributed by atoms with E-state index in [0.717, 1.165) is 28.6 Å². The number of ether oxygens (including phenoxy) is 1. The van der Waals surface area contributed by atoms with Crippen LogP contribution in [0.25, 0.3) is 0 Å². The van der Waals surface area contributed by atoms with Crippen LogP contribution in [0.3, 0.4) is 0 Å². The summed E-state index contributed by atoms with van der Waals surface area (Å²) >= 11 is 3.44. The van der Waals surface area contributed by atoms with Gasteiger partial charge in [0.1, 0.15) is 12.4 Å². The number of benzene rings is 1. The number of aromatic nitrogens is 3. The number of esters is 1. The van der Waals surface area contributed by atoms with Crippen molar-refractivity contribution < 1.29 is 9.53 Å². The summed E-state index contributed by atoms with van der Waals surface area (Å²) in [4.78, 5) is 16.9. The Morgan fingerprint density at radius 1 is 1.38 bits per heavy atom. The maximum atomic E-state index is 12.7. The minimum Gasteiger partial charge on any atom is -0.462 e. The maximum absolute atomic E-state index is 12.7. The molecule has 2 aromatic rings. The van der Waals surface area contributed by atoms with Crippen molar-refractivity contribution in [2.24, 2.45) is 0 Å². The lowest BCUT2D eigenvalue weighted by Gasteiger charge is -2.28. The van der Waals surface area contributed by atoms with Crippen LogP contribution in [0.15, 0.2) is 46.3 Å². The zero-order valence-corrected chi connectivity index (χ0v) is 15.2. The van der Waals surface area contributed by atoms with Crippen LogP contribution in [-0.2, 0) is 9.53 Å². The second kappa shape index (κ2) is 7.17. The second-order valence-corrected chi connectivity index (χ2v) is 6.55. The van der Waals surface area contributed by atoms with Gasteiger partial charge < -0.3 is 10.1 Å². The van der Waals surface area contributed by atoms with E-state index in [4.69, 9.17) is 4.74 Å². The smallest absolute Gasteiger partial charge is 0.338 e. The van der Waals surface area contributed by atoms with Crippen molar-refractivity contribution in [1.29, 1.82) is 0 Å². The van der Waals surface area contributed by atoms with Crippen molar-refractivity contribution in [3.8, 4) is 0 Å². The molecule has 0 radical (unpaired) electrons. The highest BCUT2D eigenvalue weighted by Gasteiger charge is 2.34. The van der Waals surface area contributed by atoms with Crippen LogP contribution >= 0.6 is 15.9 Å². The molecule has 0 bridgehead atoms. The molecule has 1 atom stereocenters.